The topological polar surface area (TPSA) is 145 Å². The van der Waals surface area contributed by atoms with Gasteiger partial charge in [0.2, 0.25) is 0 Å². The number of ether oxygens (including phenoxy) is 1. The first-order valence-corrected chi connectivity index (χ1v) is 9.81. The second-order valence-corrected chi connectivity index (χ2v) is 7.81. The van der Waals surface area contributed by atoms with E-state index in [1.54, 1.807) is 30.3 Å². The highest BCUT2D eigenvalue weighted by Crippen LogP contribution is 2.36. The van der Waals surface area contributed by atoms with E-state index >= 15 is 0 Å². The van der Waals surface area contributed by atoms with Crippen molar-refractivity contribution in [1.29, 1.82) is 0 Å². The van der Waals surface area contributed by atoms with Crippen molar-refractivity contribution in [2.24, 2.45) is 0 Å². The normalized spacial score (nSPS) is 27.2. The summed E-state index contributed by atoms with van der Waals surface area (Å²) in [6.07, 6.45) is -4.77. The van der Waals surface area contributed by atoms with Gasteiger partial charge in [0, 0.05) is 5.56 Å². The minimum atomic E-state index is -1.47. The molecule has 9 nitrogen and oxygen atoms in total. The molecule has 1 saturated heterocycles. The van der Waals surface area contributed by atoms with E-state index in [1.165, 1.54) is 17.6 Å². The number of aliphatic hydroxyl groups is 4. The van der Waals surface area contributed by atoms with Gasteiger partial charge in [-0.1, -0.05) is 0 Å². The van der Waals surface area contributed by atoms with Gasteiger partial charge >= 0.3 is 0 Å². The third-order valence-corrected chi connectivity index (χ3v) is 5.90. The zero-order valence-corrected chi connectivity index (χ0v) is 16.0. The zero-order chi connectivity index (χ0) is 20.5. The van der Waals surface area contributed by atoms with Crippen molar-refractivity contribution >= 4 is 27.5 Å². The number of hydrogen-bond acceptors (Lipinski definition) is 9. The van der Waals surface area contributed by atoms with Crippen LogP contribution in [0, 0.1) is 0 Å². The van der Waals surface area contributed by atoms with Crippen LogP contribution in [0.1, 0.15) is 27.2 Å². The average Bonchev–Trinajstić information content (AvgIpc) is 3.39. The van der Waals surface area contributed by atoms with Crippen molar-refractivity contribution in [1.82, 2.24) is 10.3 Å². The van der Waals surface area contributed by atoms with Crippen molar-refractivity contribution in [3.05, 3.63) is 52.9 Å². The number of thiazole rings is 1. The largest absolute Gasteiger partial charge is 0.467 e. The molecule has 0 saturated carbocycles. The second-order valence-electron chi connectivity index (χ2n) is 6.75. The maximum absolute atomic E-state index is 12.4. The molecule has 3 aromatic rings. The number of fused-ring (bicyclic) bond motifs is 1. The standard InChI is InChI=1S/C19H20N2O7S/c22-8-12-14(23)15(24)16(25)17(28-12)19-21-11-6-9(3-4-13(11)29-19)18(26)20-7-10-2-1-5-27-10/h1-6,12,14-17,22-25H,7-8H2,(H,20,26)/t12-,14+,15+,16-,17-/m1/s1. The highest BCUT2D eigenvalue weighted by molar-refractivity contribution is 7.18. The highest BCUT2D eigenvalue weighted by atomic mass is 32.1. The molecule has 2 aromatic heterocycles. The maximum atomic E-state index is 12.4. The van der Waals surface area contributed by atoms with Gasteiger partial charge < -0.3 is 34.9 Å². The number of amides is 1. The van der Waals surface area contributed by atoms with Gasteiger partial charge in [-0.15, -0.1) is 11.3 Å². The Morgan fingerprint density at radius 1 is 1.17 bits per heavy atom. The Kier molecular flexibility index (Phi) is 5.63. The molecule has 1 amide bonds. The van der Waals surface area contributed by atoms with Crippen LogP contribution in [0.2, 0.25) is 0 Å². The van der Waals surface area contributed by atoms with Gasteiger partial charge in [-0.25, -0.2) is 4.98 Å². The van der Waals surface area contributed by atoms with Gasteiger partial charge in [-0.3, -0.25) is 4.79 Å². The molecule has 0 spiro atoms. The number of aromatic nitrogens is 1. The Bertz CT molecular complexity index is 988. The van der Waals surface area contributed by atoms with Gasteiger partial charge in [0.1, 0.15) is 41.3 Å². The lowest BCUT2D eigenvalue weighted by Gasteiger charge is -2.39. The minimum Gasteiger partial charge on any atom is -0.467 e. The third kappa shape index (κ3) is 3.90. The molecule has 5 N–H and O–H groups in total. The van der Waals surface area contributed by atoms with E-state index in [9.17, 15) is 25.2 Å². The number of furan rings is 1. The fraction of sp³-hybridized carbons (Fsp3) is 0.368. The molecule has 4 rings (SSSR count). The number of hydrogen-bond donors (Lipinski definition) is 5. The Labute approximate surface area is 169 Å². The molecule has 0 bridgehead atoms. The Hall–Kier alpha value is -2.34. The van der Waals surface area contributed by atoms with Crippen LogP contribution in [-0.2, 0) is 11.3 Å². The van der Waals surface area contributed by atoms with Crippen LogP contribution in [0.25, 0.3) is 10.2 Å². The van der Waals surface area contributed by atoms with Crippen molar-refractivity contribution in [3.63, 3.8) is 0 Å². The molecule has 1 aliphatic rings. The molecule has 0 aliphatic carbocycles. The van der Waals surface area contributed by atoms with Crippen LogP contribution in [0.15, 0.2) is 41.0 Å². The van der Waals surface area contributed by atoms with E-state index < -0.39 is 37.1 Å². The number of rotatable bonds is 5. The van der Waals surface area contributed by atoms with Crippen LogP contribution >= 0.6 is 11.3 Å². The summed E-state index contributed by atoms with van der Waals surface area (Å²) in [5.41, 5.74) is 0.947. The summed E-state index contributed by atoms with van der Waals surface area (Å²) in [6.45, 7) is -0.247. The van der Waals surface area contributed by atoms with Crippen LogP contribution in [-0.4, -0.2) is 62.3 Å². The number of nitrogens with zero attached hydrogens (tertiary/aromatic N) is 1. The monoisotopic (exact) mass is 420 g/mol. The van der Waals surface area contributed by atoms with Gasteiger partial charge in [-0.2, -0.15) is 0 Å². The van der Waals surface area contributed by atoms with Gasteiger partial charge in [0.25, 0.3) is 5.91 Å². The van der Waals surface area contributed by atoms with Gasteiger partial charge in [-0.05, 0) is 30.3 Å². The minimum absolute atomic E-state index is 0.261. The summed E-state index contributed by atoms with van der Waals surface area (Å²) < 4.78 is 11.5. The fourth-order valence-electron chi connectivity index (χ4n) is 3.20. The van der Waals surface area contributed by atoms with Gasteiger partial charge in [0.15, 0.2) is 0 Å². The molecule has 5 atom stereocenters. The average molecular weight is 420 g/mol. The molecule has 0 radical (unpaired) electrons. The second kappa shape index (κ2) is 8.19. The molecule has 154 valence electrons. The number of carbonyl (C=O) groups excluding carboxylic acids is 1. The highest BCUT2D eigenvalue weighted by Gasteiger charge is 2.45. The first-order valence-electron chi connectivity index (χ1n) is 8.99. The lowest BCUT2D eigenvalue weighted by molar-refractivity contribution is -0.231. The van der Waals surface area contributed by atoms with E-state index in [-0.39, 0.29) is 12.5 Å². The summed E-state index contributed by atoms with van der Waals surface area (Å²) in [4.78, 5) is 16.8. The maximum Gasteiger partial charge on any atom is 0.251 e. The van der Waals surface area contributed by atoms with E-state index in [0.717, 1.165) is 4.70 Å². The van der Waals surface area contributed by atoms with Crippen molar-refractivity contribution in [2.45, 2.75) is 37.1 Å². The van der Waals surface area contributed by atoms with Crippen LogP contribution in [0.4, 0.5) is 0 Å². The molecule has 1 aliphatic heterocycles. The molecule has 1 aromatic carbocycles. The predicted molar refractivity (Wildman–Crippen MR) is 102 cm³/mol. The van der Waals surface area contributed by atoms with Crippen molar-refractivity contribution in [2.75, 3.05) is 6.61 Å². The molecular formula is C19H20N2O7S. The number of aliphatic hydroxyl groups excluding tert-OH is 4. The Balaban J connectivity index is 1.54. The Morgan fingerprint density at radius 3 is 2.72 bits per heavy atom. The smallest absolute Gasteiger partial charge is 0.251 e. The molecule has 0 unspecified atom stereocenters. The van der Waals surface area contributed by atoms with Crippen LogP contribution in [0.3, 0.4) is 0 Å². The van der Waals surface area contributed by atoms with Crippen molar-refractivity contribution in [3.8, 4) is 0 Å². The Morgan fingerprint density at radius 2 is 2.00 bits per heavy atom. The van der Waals surface area contributed by atoms with E-state index in [0.29, 0.717) is 21.8 Å². The number of nitrogens with one attached hydrogen (secondary N) is 1. The molecule has 29 heavy (non-hydrogen) atoms. The lowest BCUT2D eigenvalue weighted by atomic mass is 9.95. The SMILES string of the molecule is O=C(NCc1ccco1)c1ccc2sc([C@@H]3O[C@H](CO)[C@H](O)[C@H](O)[C@H]3O)nc2c1. The van der Waals surface area contributed by atoms with Crippen LogP contribution < -0.4 is 5.32 Å². The van der Waals surface area contributed by atoms with E-state index in [2.05, 4.69) is 10.3 Å². The fourth-order valence-corrected chi connectivity index (χ4v) is 4.22. The quantitative estimate of drug-likeness (QED) is 0.397. The van der Waals surface area contributed by atoms with E-state index in [1.807, 2.05) is 0 Å². The summed E-state index contributed by atoms with van der Waals surface area (Å²) >= 11 is 1.24. The third-order valence-electron chi connectivity index (χ3n) is 4.81. The molecular weight excluding hydrogens is 400 g/mol. The van der Waals surface area contributed by atoms with E-state index in [4.69, 9.17) is 9.15 Å². The predicted octanol–water partition coefficient (Wildman–Crippen LogP) is 0.334. The lowest BCUT2D eigenvalue weighted by Crippen LogP contribution is -2.55. The first-order chi connectivity index (χ1) is 14.0. The summed E-state index contributed by atoms with van der Waals surface area (Å²) in [6, 6.07) is 8.52. The van der Waals surface area contributed by atoms with Crippen molar-refractivity contribution < 1.29 is 34.4 Å². The number of carbonyl (C=O) groups is 1. The molecule has 3 heterocycles. The zero-order valence-electron chi connectivity index (χ0n) is 15.1. The van der Waals surface area contributed by atoms with Gasteiger partial charge in [0.05, 0.1) is 29.6 Å². The molecule has 10 heteroatoms. The summed E-state index contributed by atoms with van der Waals surface area (Å²) in [5.74, 6) is 0.351. The first kappa shape index (κ1) is 20.0. The summed E-state index contributed by atoms with van der Waals surface area (Å²) in [7, 11) is 0. The molecule has 1 fully saturated rings. The number of benzene rings is 1. The summed E-state index contributed by atoms with van der Waals surface area (Å²) in [5, 5.41) is 42.7. The van der Waals surface area contributed by atoms with Crippen LogP contribution in [0.5, 0.6) is 0 Å².